The number of hydrogen-bond acceptors (Lipinski definition) is 2. The van der Waals surface area contributed by atoms with Crippen LogP contribution in [0.15, 0.2) is 23.5 Å². The van der Waals surface area contributed by atoms with Crippen LogP contribution in [0.25, 0.3) is 0 Å². The molecule has 6 heteroatoms. The number of rotatable bonds is 3. The number of allylic oxidation sites excluding steroid dienone is 3. The van der Waals surface area contributed by atoms with E-state index >= 15 is 0 Å². The van der Waals surface area contributed by atoms with Gasteiger partial charge in [-0.1, -0.05) is 6.08 Å². The van der Waals surface area contributed by atoms with E-state index in [1.165, 1.54) is 6.08 Å². The lowest BCUT2D eigenvalue weighted by molar-refractivity contribution is -0.306. The highest BCUT2D eigenvalue weighted by Crippen LogP contribution is 2.27. The Morgan fingerprint density at radius 2 is 2.20 bits per heavy atom. The quantitative estimate of drug-likeness (QED) is 0.792. The van der Waals surface area contributed by atoms with Gasteiger partial charge in [-0.25, -0.2) is 0 Å². The first-order valence-electron chi connectivity index (χ1n) is 4.30. The molecule has 1 amide bonds. The van der Waals surface area contributed by atoms with E-state index < -0.39 is 12.3 Å². The first-order chi connectivity index (χ1) is 6.87. The van der Waals surface area contributed by atoms with Gasteiger partial charge in [0.2, 0.25) is 5.91 Å². The maximum absolute atomic E-state index is 11.9. The lowest BCUT2D eigenvalue weighted by Gasteiger charge is -2.15. The van der Waals surface area contributed by atoms with Crippen molar-refractivity contribution in [3.63, 3.8) is 0 Å². The van der Waals surface area contributed by atoms with E-state index in [1.54, 1.807) is 6.08 Å². The molecular formula is C9H10F3NO2. The molecule has 0 aliphatic heterocycles. The molecule has 0 fully saturated rings. The highest BCUT2D eigenvalue weighted by atomic mass is 19.4. The molecule has 0 radical (unpaired) electrons. The highest BCUT2D eigenvalue weighted by Gasteiger charge is 2.32. The van der Waals surface area contributed by atoms with Crippen LogP contribution in [-0.4, -0.2) is 12.3 Å². The second-order valence-electron chi connectivity index (χ2n) is 3.12. The summed E-state index contributed by atoms with van der Waals surface area (Å²) in [6, 6.07) is 0. The Labute approximate surface area is 84.4 Å². The lowest BCUT2D eigenvalue weighted by Crippen LogP contribution is -2.15. The Morgan fingerprint density at radius 1 is 1.53 bits per heavy atom. The van der Waals surface area contributed by atoms with Crippen molar-refractivity contribution in [3.05, 3.63) is 23.5 Å². The molecule has 0 atom stereocenters. The fourth-order valence-electron chi connectivity index (χ4n) is 1.29. The van der Waals surface area contributed by atoms with Gasteiger partial charge in [0, 0.05) is 6.42 Å². The summed E-state index contributed by atoms with van der Waals surface area (Å²) < 4.78 is 39.3. The van der Waals surface area contributed by atoms with Gasteiger partial charge in [-0.3, -0.25) is 4.79 Å². The van der Waals surface area contributed by atoms with Crippen LogP contribution >= 0.6 is 0 Å². The van der Waals surface area contributed by atoms with Gasteiger partial charge in [0.15, 0.2) is 0 Å². The summed E-state index contributed by atoms with van der Waals surface area (Å²) in [5, 5.41) is 0. The third kappa shape index (κ3) is 4.53. The molecule has 0 saturated carbocycles. The maximum atomic E-state index is 11.9. The van der Waals surface area contributed by atoms with Crippen molar-refractivity contribution in [2.75, 3.05) is 0 Å². The van der Waals surface area contributed by atoms with Gasteiger partial charge >= 0.3 is 6.36 Å². The Bertz CT molecular complexity index is 318. The number of amides is 1. The Balaban J connectivity index is 2.64. The first kappa shape index (κ1) is 11.6. The largest absolute Gasteiger partial charge is 0.572 e. The van der Waals surface area contributed by atoms with Crippen molar-refractivity contribution in [2.45, 2.75) is 25.6 Å². The predicted octanol–water partition coefficient (Wildman–Crippen LogP) is 2.00. The van der Waals surface area contributed by atoms with Crippen molar-refractivity contribution in [3.8, 4) is 0 Å². The molecule has 0 saturated heterocycles. The van der Waals surface area contributed by atoms with Crippen LogP contribution in [0, 0.1) is 0 Å². The maximum Gasteiger partial charge on any atom is 0.572 e. The third-order valence-electron chi connectivity index (χ3n) is 1.77. The van der Waals surface area contributed by atoms with Crippen LogP contribution in [-0.2, 0) is 9.53 Å². The fourth-order valence-corrected chi connectivity index (χ4v) is 1.29. The highest BCUT2D eigenvalue weighted by molar-refractivity contribution is 5.77. The summed E-state index contributed by atoms with van der Waals surface area (Å²) in [5.41, 5.74) is 5.39. The zero-order valence-electron chi connectivity index (χ0n) is 7.80. The molecular weight excluding hydrogens is 211 g/mol. The van der Waals surface area contributed by atoms with E-state index in [2.05, 4.69) is 4.74 Å². The normalized spacial score (nSPS) is 16.7. The topological polar surface area (TPSA) is 52.3 Å². The summed E-state index contributed by atoms with van der Waals surface area (Å²) in [7, 11) is 0. The van der Waals surface area contributed by atoms with Gasteiger partial charge in [-0.15, -0.1) is 13.2 Å². The smallest absolute Gasteiger partial charge is 0.410 e. The summed E-state index contributed by atoms with van der Waals surface area (Å²) in [6.45, 7) is 0. The first-order valence-corrected chi connectivity index (χ1v) is 4.30. The molecule has 2 N–H and O–H groups in total. The Morgan fingerprint density at radius 3 is 2.73 bits per heavy atom. The fraction of sp³-hybridized carbons (Fsp3) is 0.444. The van der Waals surface area contributed by atoms with Crippen LogP contribution in [0.1, 0.15) is 19.3 Å². The number of ether oxygens (including phenoxy) is 1. The molecule has 1 aliphatic rings. The van der Waals surface area contributed by atoms with Crippen molar-refractivity contribution in [2.24, 2.45) is 5.73 Å². The zero-order chi connectivity index (χ0) is 11.5. The molecule has 0 bridgehead atoms. The van der Waals surface area contributed by atoms with Gasteiger partial charge in [-0.05, 0) is 18.1 Å². The summed E-state index contributed by atoms with van der Waals surface area (Å²) in [5.74, 6) is -0.757. The van der Waals surface area contributed by atoms with Gasteiger partial charge in [0.1, 0.15) is 5.76 Å². The number of carbonyl (C=O) groups excluding carboxylic acids is 1. The SMILES string of the molecule is NC(=O)CC1=CCCC(OC(F)(F)F)=C1. The molecule has 1 rings (SSSR count). The standard InChI is InChI=1S/C9H10F3NO2/c10-9(11,12)15-7-3-1-2-6(4-7)5-8(13)14/h2,4H,1,3,5H2,(H2,13,14). The van der Waals surface area contributed by atoms with E-state index in [9.17, 15) is 18.0 Å². The molecule has 0 spiro atoms. The van der Waals surface area contributed by atoms with Crippen LogP contribution in [0.5, 0.6) is 0 Å². The van der Waals surface area contributed by atoms with E-state index in [-0.39, 0.29) is 18.6 Å². The Kier molecular flexibility index (Phi) is 3.39. The molecule has 3 nitrogen and oxygen atoms in total. The summed E-state index contributed by atoms with van der Waals surface area (Å²) in [6.07, 6.45) is -1.26. The number of carbonyl (C=O) groups is 1. The molecule has 15 heavy (non-hydrogen) atoms. The number of alkyl halides is 3. The van der Waals surface area contributed by atoms with Crippen LogP contribution in [0.3, 0.4) is 0 Å². The summed E-state index contributed by atoms with van der Waals surface area (Å²) >= 11 is 0. The average molecular weight is 221 g/mol. The minimum absolute atomic E-state index is 0.0648. The number of primary amides is 1. The van der Waals surface area contributed by atoms with Crippen LogP contribution in [0.2, 0.25) is 0 Å². The molecule has 0 unspecified atom stereocenters. The molecule has 1 aliphatic carbocycles. The lowest BCUT2D eigenvalue weighted by atomic mass is 10.0. The number of nitrogens with two attached hydrogens (primary N) is 1. The van der Waals surface area contributed by atoms with Crippen molar-refractivity contribution in [1.82, 2.24) is 0 Å². The number of hydrogen-bond donors (Lipinski definition) is 1. The third-order valence-corrected chi connectivity index (χ3v) is 1.77. The van der Waals surface area contributed by atoms with Crippen molar-refractivity contribution >= 4 is 5.91 Å². The van der Waals surface area contributed by atoms with E-state index in [1.807, 2.05) is 0 Å². The van der Waals surface area contributed by atoms with Crippen LogP contribution in [0.4, 0.5) is 13.2 Å². The van der Waals surface area contributed by atoms with E-state index in [4.69, 9.17) is 5.73 Å². The van der Waals surface area contributed by atoms with Crippen molar-refractivity contribution in [1.29, 1.82) is 0 Å². The number of halogens is 3. The van der Waals surface area contributed by atoms with Crippen molar-refractivity contribution < 1.29 is 22.7 Å². The molecule has 0 aromatic heterocycles. The molecule has 0 aromatic carbocycles. The van der Waals surface area contributed by atoms with Gasteiger partial charge in [0.25, 0.3) is 0 Å². The van der Waals surface area contributed by atoms with Gasteiger partial charge < -0.3 is 10.5 Å². The Hall–Kier alpha value is -1.46. The monoisotopic (exact) mass is 221 g/mol. The van der Waals surface area contributed by atoms with E-state index in [0.29, 0.717) is 12.0 Å². The van der Waals surface area contributed by atoms with Gasteiger partial charge in [0.05, 0.1) is 6.42 Å². The molecule has 84 valence electrons. The second-order valence-corrected chi connectivity index (χ2v) is 3.12. The summed E-state index contributed by atoms with van der Waals surface area (Å²) in [4.78, 5) is 10.5. The van der Waals surface area contributed by atoms with E-state index in [0.717, 1.165) is 0 Å². The molecule has 0 aromatic rings. The predicted molar refractivity (Wildman–Crippen MR) is 46.4 cm³/mol. The minimum atomic E-state index is -4.68. The zero-order valence-corrected chi connectivity index (χ0v) is 7.80. The minimum Gasteiger partial charge on any atom is -0.410 e. The molecule has 0 heterocycles. The van der Waals surface area contributed by atoms with Crippen LogP contribution < -0.4 is 5.73 Å². The van der Waals surface area contributed by atoms with Gasteiger partial charge in [-0.2, -0.15) is 0 Å². The second kappa shape index (κ2) is 4.37. The average Bonchev–Trinajstić information content (AvgIpc) is 1.99.